The molecule has 0 aliphatic heterocycles. The van der Waals surface area contributed by atoms with Crippen LogP contribution in [0, 0.1) is 12.8 Å². The standard InChI is InChI=1S/C24H34N/c1-5-21(6-2)22-12-11-18(3)23(17-22)24-16-20(13-14-25(24)4)15-19-9-7-8-10-19/h11-14,16-17,19,21H,5-10,15H2,1-4H3/q+1. The first-order chi connectivity index (χ1) is 12.1. The number of benzene rings is 1. The minimum absolute atomic E-state index is 0.673. The molecule has 0 unspecified atom stereocenters. The van der Waals surface area contributed by atoms with Crippen LogP contribution in [0.25, 0.3) is 11.3 Å². The third-order valence-corrected chi connectivity index (χ3v) is 6.21. The van der Waals surface area contributed by atoms with Crippen molar-refractivity contribution in [3.8, 4) is 11.3 Å². The van der Waals surface area contributed by atoms with E-state index in [1.807, 2.05) is 0 Å². The predicted octanol–water partition coefficient (Wildman–Crippen LogP) is 6.12. The van der Waals surface area contributed by atoms with Gasteiger partial charge in [0.2, 0.25) is 5.69 Å². The highest BCUT2D eigenvalue weighted by Crippen LogP contribution is 2.31. The number of hydrogen-bond donors (Lipinski definition) is 0. The molecule has 1 aromatic carbocycles. The summed E-state index contributed by atoms with van der Waals surface area (Å²) in [6.45, 7) is 6.85. The number of aryl methyl sites for hydroxylation is 2. The number of pyridine rings is 1. The van der Waals surface area contributed by atoms with E-state index in [0.29, 0.717) is 5.92 Å². The summed E-state index contributed by atoms with van der Waals surface area (Å²) >= 11 is 0. The van der Waals surface area contributed by atoms with Crippen LogP contribution < -0.4 is 4.57 Å². The van der Waals surface area contributed by atoms with Crippen LogP contribution in [0.15, 0.2) is 36.5 Å². The topological polar surface area (TPSA) is 3.88 Å². The minimum Gasteiger partial charge on any atom is -0.201 e. The van der Waals surface area contributed by atoms with Gasteiger partial charge in [-0.1, -0.05) is 51.7 Å². The molecule has 0 N–H and O–H groups in total. The molecular weight excluding hydrogens is 302 g/mol. The van der Waals surface area contributed by atoms with Gasteiger partial charge in [-0.3, -0.25) is 0 Å². The molecule has 0 bridgehead atoms. The lowest BCUT2D eigenvalue weighted by molar-refractivity contribution is -0.660. The molecule has 1 aliphatic rings. The van der Waals surface area contributed by atoms with Crippen molar-refractivity contribution in [3.63, 3.8) is 0 Å². The Morgan fingerprint density at radius 3 is 2.44 bits per heavy atom. The molecule has 1 nitrogen and oxygen atoms in total. The minimum atomic E-state index is 0.673. The van der Waals surface area contributed by atoms with Crippen LogP contribution >= 0.6 is 0 Å². The molecule has 1 fully saturated rings. The van der Waals surface area contributed by atoms with E-state index in [9.17, 15) is 0 Å². The molecule has 0 atom stereocenters. The Morgan fingerprint density at radius 2 is 1.76 bits per heavy atom. The van der Waals surface area contributed by atoms with Crippen LogP contribution in [0.4, 0.5) is 0 Å². The predicted molar refractivity (Wildman–Crippen MR) is 107 cm³/mol. The maximum atomic E-state index is 2.45. The van der Waals surface area contributed by atoms with Crippen molar-refractivity contribution in [2.45, 2.75) is 71.6 Å². The second kappa shape index (κ2) is 8.17. The van der Waals surface area contributed by atoms with Crippen molar-refractivity contribution >= 4 is 0 Å². The Morgan fingerprint density at radius 1 is 1.04 bits per heavy atom. The lowest BCUT2D eigenvalue weighted by atomic mass is 9.90. The van der Waals surface area contributed by atoms with Gasteiger partial charge in [0.1, 0.15) is 7.05 Å². The number of hydrogen-bond acceptors (Lipinski definition) is 0. The summed E-state index contributed by atoms with van der Waals surface area (Å²) in [5.41, 5.74) is 7.14. The van der Waals surface area contributed by atoms with Crippen molar-refractivity contribution in [2.24, 2.45) is 13.0 Å². The molecule has 2 aromatic rings. The van der Waals surface area contributed by atoms with E-state index in [-0.39, 0.29) is 0 Å². The lowest BCUT2D eigenvalue weighted by Crippen LogP contribution is -2.31. The molecule has 1 heteroatoms. The molecule has 0 amide bonds. The first kappa shape index (κ1) is 18.2. The average Bonchev–Trinajstić information content (AvgIpc) is 3.12. The summed E-state index contributed by atoms with van der Waals surface area (Å²) in [6.07, 6.45) is 11.6. The highest BCUT2D eigenvalue weighted by atomic mass is 14.9. The van der Waals surface area contributed by atoms with Gasteiger partial charge >= 0.3 is 0 Å². The SMILES string of the molecule is CCC(CC)c1ccc(C)c(-c2cc(CC3CCCC3)cc[n+]2C)c1. The van der Waals surface area contributed by atoms with Gasteiger partial charge in [-0.25, -0.2) is 4.57 Å². The Hall–Kier alpha value is -1.63. The van der Waals surface area contributed by atoms with Crippen molar-refractivity contribution in [2.75, 3.05) is 0 Å². The van der Waals surface area contributed by atoms with Gasteiger partial charge in [0.05, 0.1) is 0 Å². The number of rotatable bonds is 6. The molecule has 0 saturated heterocycles. The Balaban J connectivity index is 1.95. The summed E-state index contributed by atoms with van der Waals surface area (Å²) in [4.78, 5) is 0. The summed E-state index contributed by atoms with van der Waals surface area (Å²) in [6, 6.07) is 11.9. The Labute approximate surface area is 154 Å². The Kier molecular flexibility index (Phi) is 5.93. The van der Waals surface area contributed by atoms with Crippen LogP contribution in [0.1, 0.15) is 75.0 Å². The van der Waals surface area contributed by atoms with Crippen LogP contribution in [0.3, 0.4) is 0 Å². The monoisotopic (exact) mass is 336 g/mol. The first-order valence-corrected chi connectivity index (χ1v) is 10.2. The van der Waals surface area contributed by atoms with Crippen molar-refractivity contribution in [3.05, 3.63) is 53.2 Å². The fraction of sp³-hybridized carbons (Fsp3) is 0.542. The maximum Gasteiger partial charge on any atom is 0.212 e. The third-order valence-electron chi connectivity index (χ3n) is 6.21. The maximum absolute atomic E-state index is 2.45. The van der Waals surface area contributed by atoms with Crippen LogP contribution in [-0.2, 0) is 13.5 Å². The zero-order chi connectivity index (χ0) is 17.8. The van der Waals surface area contributed by atoms with Crippen molar-refractivity contribution in [1.82, 2.24) is 0 Å². The molecule has 3 rings (SSSR count). The highest BCUT2D eigenvalue weighted by Gasteiger charge is 2.19. The largest absolute Gasteiger partial charge is 0.212 e. The molecule has 0 radical (unpaired) electrons. The average molecular weight is 337 g/mol. The number of nitrogens with zero attached hydrogens (tertiary/aromatic N) is 1. The fourth-order valence-electron chi connectivity index (χ4n) is 4.49. The Bertz CT molecular complexity index is 706. The van der Waals surface area contributed by atoms with E-state index in [0.717, 1.165) is 5.92 Å². The quantitative estimate of drug-likeness (QED) is 0.559. The lowest BCUT2D eigenvalue weighted by Gasteiger charge is -2.15. The van der Waals surface area contributed by atoms with Gasteiger partial charge in [0.15, 0.2) is 6.20 Å². The van der Waals surface area contributed by atoms with Gasteiger partial charge in [0, 0.05) is 17.7 Å². The molecule has 0 spiro atoms. The van der Waals surface area contributed by atoms with Crippen LogP contribution in [-0.4, -0.2) is 0 Å². The van der Waals surface area contributed by atoms with Gasteiger partial charge in [-0.15, -0.1) is 0 Å². The van der Waals surface area contributed by atoms with Gasteiger partial charge in [0.25, 0.3) is 0 Å². The summed E-state index contributed by atoms with van der Waals surface area (Å²) in [5, 5.41) is 0. The normalized spacial score (nSPS) is 15.2. The first-order valence-electron chi connectivity index (χ1n) is 10.2. The summed E-state index contributed by atoms with van der Waals surface area (Å²) in [7, 11) is 2.18. The fourth-order valence-corrected chi connectivity index (χ4v) is 4.49. The van der Waals surface area contributed by atoms with E-state index in [4.69, 9.17) is 0 Å². The zero-order valence-corrected chi connectivity index (χ0v) is 16.5. The van der Waals surface area contributed by atoms with Crippen LogP contribution in [0.5, 0.6) is 0 Å². The van der Waals surface area contributed by atoms with Crippen LogP contribution in [0.2, 0.25) is 0 Å². The summed E-state index contributed by atoms with van der Waals surface area (Å²) < 4.78 is 2.29. The molecule has 1 saturated carbocycles. The second-order valence-electron chi connectivity index (χ2n) is 7.97. The highest BCUT2D eigenvalue weighted by molar-refractivity contribution is 5.63. The van der Waals surface area contributed by atoms with E-state index in [1.165, 1.54) is 72.9 Å². The second-order valence-corrected chi connectivity index (χ2v) is 7.97. The smallest absolute Gasteiger partial charge is 0.201 e. The summed E-state index contributed by atoms with van der Waals surface area (Å²) in [5.74, 6) is 1.57. The van der Waals surface area contributed by atoms with E-state index in [2.05, 4.69) is 68.9 Å². The molecular formula is C24H34N+. The zero-order valence-electron chi connectivity index (χ0n) is 16.5. The van der Waals surface area contributed by atoms with E-state index < -0.39 is 0 Å². The molecule has 25 heavy (non-hydrogen) atoms. The third kappa shape index (κ3) is 4.14. The van der Waals surface area contributed by atoms with Gasteiger partial charge in [-0.05, 0) is 60.8 Å². The molecule has 134 valence electrons. The molecule has 1 aliphatic carbocycles. The molecule has 1 heterocycles. The van der Waals surface area contributed by atoms with Crippen molar-refractivity contribution in [1.29, 1.82) is 0 Å². The van der Waals surface area contributed by atoms with E-state index in [1.54, 1.807) is 0 Å². The van der Waals surface area contributed by atoms with Gasteiger partial charge in [-0.2, -0.15) is 0 Å². The van der Waals surface area contributed by atoms with Gasteiger partial charge < -0.3 is 0 Å². The molecule has 1 aromatic heterocycles. The van der Waals surface area contributed by atoms with E-state index >= 15 is 0 Å². The van der Waals surface area contributed by atoms with Crippen molar-refractivity contribution < 1.29 is 4.57 Å². The number of aromatic nitrogens is 1.